The second-order valence-corrected chi connectivity index (χ2v) is 5.00. The molecule has 0 radical (unpaired) electrons. The Labute approximate surface area is 96.5 Å². The summed E-state index contributed by atoms with van der Waals surface area (Å²) in [5, 5.41) is 10.7. The lowest BCUT2D eigenvalue weighted by atomic mass is 10.2. The summed E-state index contributed by atoms with van der Waals surface area (Å²) in [4.78, 5) is 2.31. The van der Waals surface area contributed by atoms with Gasteiger partial charge in [0.1, 0.15) is 5.01 Å². The zero-order valence-electron chi connectivity index (χ0n) is 10.2. The van der Waals surface area contributed by atoms with Crippen molar-refractivity contribution in [3.8, 4) is 0 Å². The maximum atomic E-state index is 4.26. The predicted octanol–water partition coefficient (Wildman–Crippen LogP) is 3.29. The molecule has 0 aliphatic carbocycles. The van der Waals surface area contributed by atoms with Gasteiger partial charge in [0, 0.05) is 19.0 Å². The molecule has 1 aromatic rings. The highest BCUT2D eigenvalue weighted by atomic mass is 32.1. The zero-order chi connectivity index (χ0) is 11.3. The van der Waals surface area contributed by atoms with Crippen molar-refractivity contribution in [1.29, 1.82) is 0 Å². The van der Waals surface area contributed by atoms with Gasteiger partial charge in [-0.1, -0.05) is 38.5 Å². The smallest absolute Gasteiger partial charge is 0.208 e. The van der Waals surface area contributed by atoms with Gasteiger partial charge in [0.15, 0.2) is 0 Å². The highest BCUT2D eigenvalue weighted by Gasteiger charge is 2.12. The Morgan fingerprint density at radius 3 is 2.47 bits per heavy atom. The summed E-state index contributed by atoms with van der Waals surface area (Å²) < 4.78 is 0. The topological polar surface area (TPSA) is 29.0 Å². The number of rotatable bonds is 6. The fourth-order valence-corrected chi connectivity index (χ4v) is 2.26. The van der Waals surface area contributed by atoms with E-state index >= 15 is 0 Å². The molecule has 0 unspecified atom stereocenters. The molecule has 15 heavy (non-hydrogen) atoms. The van der Waals surface area contributed by atoms with E-state index in [1.807, 2.05) is 0 Å². The van der Waals surface area contributed by atoms with Gasteiger partial charge in [0.25, 0.3) is 0 Å². The van der Waals surface area contributed by atoms with Crippen LogP contribution in [-0.4, -0.2) is 23.3 Å². The molecule has 0 amide bonds. The van der Waals surface area contributed by atoms with E-state index in [0.29, 0.717) is 5.92 Å². The van der Waals surface area contributed by atoms with E-state index in [0.717, 1.165) is 23.2 Å². The molecule has 0 bridgehead atoms. The van der Waals surface area contributed by atoms with Crippen molar-refractivity contribution >= 4 is 16.5 Å². The van der Waals surface area contributed by atoms with Crippen LogP contribution in [0.5, 0.6) is 0 Å². The molecular formula is C11H21N3S. The van der Waals surface area contributed by atoms with Crippen LogP contribution < -0.4 is 4.90 Å². The standard InChI is InChI=1S/C11H21N3S/c1-5-7-8-14(6-2)11-13-12-10(15-11)9(3)4/h9H,5-8H2,1-4H3. The third kappa shape index (κ3) is 3.45. The molecule has 3 nitrogen and oxygen atoms in total. The fourth-order valence-electron chi connectivity index (χ4n) is 1.33. The lowest BCUT2D eigenvalue weighted by Gasteiger charge is -2.18. The number of anilines is 1. The van der Waals surface area contributed by atoms with E-state index in [-0.39, 0.29) is 0 Å². The van der Waals surface area contributed by atoms with Gasteiger partial charge in [-0.15, -0.1) is 10.2 Å². The van der Waals surface area contributed by atoms with Crippen LogP contribution >= 0.6 is 11.3 Å². The number of hydrogen-bond donors (Lipinski definition) is 0. The predicted molar refractivity (Wildman–Crippen MR) is 66.8 cm³/mol. The van der Waals surface area contributed by atoms with Crippen LogP contribution in [0.1, 0.15) is 51.5 Å². The van der Waals surface area contributed by atoms with Gasteiger partial charge in [-0.2, -0.15) is 0 Å². The Hall–Kier alpha value is -0.640. The first-order chi connectivity index (χ1) is 7.19. The molecule has 0 aliphatic heterocycles. The van der Waals surface area contributed by atoms with Gasteiger partial charge in [0.2, 0.25) is 5.13 Å². The average molecular weight is 227 g/mol. The van der Waals surface area contributed by atoms with E-state index in [9.17, 15) is 0 Å². The quantitative estimate of drug-likeness (QED) is 0.746. The molecule has 86 valence electrons. The van der Waals surface area contributed by atoms with E-state index < -0.39 is 0 Å². The molecule has 4 heteroatoms. The summed E-state index contributed by atoms with van der Waals surface area (Å²) in [6, 6.07) is 0. The van der Waals surface area contributed by atoms with Gasteiger partial charge in [-0.05, 0) is 13.3 Å². The molecule has 1 heterocycles. The molecule has 0 aromatic carbocycles. The lowest BCUT2D eigenvalue weighted by Crippen LogP contribution is -2.23. The van der Waals surface area contributed by atoms with E-state index in [1.165, 1.54) is 12.8 Å². The Morgan fingerprint density at radius 2 is 2.00 bits per heavy atom. The minimum Gasteiger partial charge on any atom is -0.347 e. The molecular weight excluding hydrogens is 206 g/mol. The van der Waals surface area contributed by atoms with Crippen molar-refractivity contribution in [3.63, 3.8) is 0 Å². The molecule has 1 aromatic heterocycles. The summed E-state index contributed by atoms with van der Waals surface area (Å²) in [7, 11) is 0. The molecule has 0 atom stereocenters. The number of unbranched alkanes of at least 4 members (excludes halogenated alkanes) is 1. The van der Waals surface area contributed by atoms with Crippen LogP contribution in [0.15, 0.2) is 0 Å². The summed E-state index contributed by atoms with van der Waals surface area (Å²) in [5.41, 5.74) is 0. The number of aromatic nitrogens is 2. The third-order valence-corrected chi connectivity index (χ3v) is 3.64. The Morgan fingerprint density at radius 1 is 1.27 bits per heavy atom. The van der Waals surface area contributed by atoms with Crippen molar-refractivity contribution < 1.29 is 0 Å². The van der Waals surface area contributed by atoms with Gasteiger partial charge in [0.05, 0.1) is 0 Å². The van der Waals surface area contributed by atoms with E-state index in [1.54, 1.807) is 11.3 Å². The van der Waals surface area contributed by atoms with Crippen molar-refractivity contribution in [2.45, 2.75) is 46.5 Å². The highest BCUT2D eigenvalue weighted by Crippen LogP contribution is 2.25. The van der Waals surface area contributed by atoms with E-state index in [2.05, 4.69) is 42.8 Å². The van der Waals surface area contributed by atoms with Crippen LogP contribution in [0.4, 0.5) is 5.13 Å². The fraction of sp³-hybridized carbons (Fsp3) is 0.818. The SMILES string of the molecule is CCCCN(CC)c1nnc(C(C)C)s1. The number of hydrogen-bond acceptors (Lipinski definition) is 4. The Kier molecular flexibility index (Phi) is 5.02. The summed E-state index contributed by atoms with van der Waals surface area (Å²) in [6.45, 7) is 10.8. The molecule has 0 spiro atoms. The van der Waals surface area contributed by atoms with Gasteiger partial charge >= 0.3 is 0 Å². The summed E-state index contributed by atoms with van der Waals surface area (Å²) in [5.74, 6) is 0.487. The van der Waals surface area contributed by atoms with Crippen molar-refractivity contribution in [2.24, 2.45) is 0 Å². The van der Waals surface area contributed by atoms with E-state index in [4.69, 9.17) is 0 Å². The monoisotopic (exact) mass is 227 g/mol. The first kappa shape index (κ1) is 12.4. The normalized spacial score (nSPS) is 11.0. The highest BCUT2D eigenvalue weighted by molar-refractivity contribution is 7.15. The van der Waals surface area contributed by atoms with Gasteiger partial charge in [-0.25, -0.2) is 0 Å². The van der Waals surface area contributed by atoms with Crippen LogP contribution in [0.3, 0.4) is 0 Å². The molecule has 0 fully saturated rings. The van der Waals surface area contributed by atoms with Crippen LogP contribution in [0, 0.1) is 0 Å². The second kappa shape index (κ2) is 6.05. The molecule has 1 rings (SSSR count). The summed E-state index contributed by atoms with van der Waals surface area (Å²) in [6.07, 6.45) is 2.46. The molecule has 0 saturated carbocycles. The maximum absolute atomic E-state index is 4.26. The largest absolute Gasteiger partial charge is 0.347 e. The van der Waals surface area contributed by atoms with Gasteiger partial charge < -0.3 is 4.90 Å². The lowest BCUT2D eigenvalue weighted by molar-refractivity contribution is 0.724. The maximum Gasteiger partial charge on any atom is 0.208 e. The van der Waals surface area contributed by atoms with Crippen molar-refractivity contribution in [2.75, 3.05) is 18.0 Å². The first-order valence-corrected chi connectivity index (χ1v) is 6.59. The van der Waals surface area contributed by atoms with Crippen molar-refractivity contribution in [1.82, 2.24) is 10.2 Å². The van der Waals surface area contributed by atoms with Crippen LogP contribution in [0.25, 0.3) is 0 Å². The Balaban J connectivity index is 2.65. The molecule has 0 N–H and O–H groups in total. The molecule has 0 saturated heterocycles. The second-order valence-electron chi connectivity index (χ2n) is 4.01. The van der Waals surface area contributed by atoms with Crippen molar-refractivity contribution in [3.05, 3.63) is 5.01 Å². The summed E-state index contributed by atoms with van der Waals surface area (Å²) >= 11 is 1.73. The molecule has 0 aliphatic rings. The third-order valence-electron chi connectivity index (χ3n) is 2.36. The minimum absolute atomic E-state index is 0.487. The minimum atomic E-state index is 0.487. The van der Waals surface area contributed by atoms with Gasteiger partial charge in [-0.3, -0.25) is 0 Å². The van der Waals surface area contributed by atoms with Crippen LogP contribution in [-0.2, 0) is 0 Å². The first-order valence-electron chi connectivity index (χ1n) is 5.77. The number of nitrogens with zero attached hydrogens (tertiary/aromatic N) is 3. The van der Waals surface area contributed by atoms with Crippen LogP contribution in [0.2, 0.25) is 0 Å². The Bertz CT molecular complexity index is 283. The average Bonchev–Trinajstić information content (AvgIpc) is 2.68. The zero-order valence-corrected chi connectivity index (χ0v) is 11.0.